The van der Waals surface area contributed by atoms with E-state index in [4.69, 9.17) is 14.2 Å². The Morgan fingerprint density at radius 3 is 2.64 bits per heavy atom. The Kier molecular flexibility index (Phi) is 5.52. The summed E-state index contributed by atoms with van der Waals surface area (Å²) in [6, 6.07) is 12.0. The maximum atomic E-state index is 11.0. The van der Waals surface area contributed by atoms with E-state index < -0.39 is 12.2 Å². The first kappa shape index (κ1) is 21.4. The number of rotatable bonds is 5. The molecule has 0 radical (unpaired) electrons. The number of hydrogen-bond donors (Lipinski definition) is 4. The van der Waals surface area contributed by atoms with Crippen molar-refractivity contribution in [1.29, 1.82) is 0 Å². The first-order chi connectivity index (χ1) is 16.0. The summed E-state index contributed by atoms with van der Waals surface area (Å²) in [6.07, 6.45) is 0.448. The molecule has 1 aliphatic heterocycles. The van der Waals surface area contributed by atoms with Crippen molar-refractivity contribution in [1.82, 2.24) is 0 Å². The number of aryl methyl sites for hydroxylation is 1. The number of fused-ring (bicyclic) bond motifs is 5. The highest BCUT2D eigenvalue weighted by Gasteiger charge is 2.35. The second-order valence-electron chi connectivity index (χ2n) is 8.36. The molecule has 7 nitrogen and oxygen atoms in total. The average Bonchev–Trinajstić information content (AvgIpc) is 2.82. The maximum Gasteiger partial charge on any atom is 0.160 e. The maximum absolute atomic E-state index is 11.0. The van der Waals surface area contributed by atoms with E-state index in [0.717, 1.165) is 40.7 Å². The Morgan fingerprint density at radius 2 is 1.85 bits per heavy atom. The zero-order chi connectivity index (χ0) is 23.1. The van der Waals surface area contributed by atoms with Crippen LogP contribution in [0.3, 0.4) is 0 Å². The first-order valence-electron chi connectivity index (χ1n) is 11.0. The van der Waals surface area contributed by atoms with Crippen molar-refractivity contribution in [2.24, 2.45) is 0 Å². The molecule has 33 heavy (non-hydrogen) atoms. The van der Waals surface area contributed by atoms with Crippen LogP contribution >= 0.6 is 0 Å². The van der Waals surface area contributed by atoms with E-state index in [9.17, 15) is 20.4 Å². The van der Waals surface area contributed by atoms with Gasteiger partial charge in [-0.3, -0.25) is 0 Å². The average molecular weight is 450 g/mol. The molecule has 7 heteroatoms. The van der Waals surface area contributed by atoms with Gasteiger partial charge in [-0.15, -0.1) is 0 Å². The summed E-state index contributed by atoms with van der Waals surface area (Å²) in [4.78, 5) is 0. The van der Waals surface area contributed by atoms with Crippen molar-refractivity contribution in [2.45, 2.75) is 31.5 Å². The molecule has 0 aromatic heterocycles. The molecule has 1 heterocycles. The molecule has 172 valence electrons. The number of ether oxygens (including phenoxy) is 3. The van der Waals surface area contributed by atoms with Crippen molar-refractivity contribution in [2.75, 3.05) is 20.3 Å². The van der Waals surface area contributed by atoms with Gasteiger partial charge in [-0.1, -0.05) is 12.1 Å². The highest BCUT2D eigenvalue weighted by molar-refractivity contribution is 5.82. The van der Waals surface area contributed by atoms with E-state index in [1.807, 2.05) is 12.1 Å². The number of benzene rings is 3. The molecule has 5 rings (SSSR count). The van der Waals surface area contributed by atoms with Gasteiger partial charge < -0.3 is 34.6 Å². The van der Waals surface area contributed by atoms with Gasteiger partial charge in [0.25, 0.3) is 0 Å². The first-order valence-corrected chi connectivity index (χ1v) is 11.0. The van der Waals surface area contributed by atoms with Crippen LogP contribution in [0.25, 0.3) is 11.1 Å². The Morgan fingerprint density at radius 1 is 1.00 bits per heavy atom. The predicted molar refractivity (Wildman–Crippen MR) is 121 cm³/mol. The minimum Gasteiger partial charge on any atom is -0.508 e. The normalized spacial score (nSPS) is 18.5. The number of hydrogen-bond acceptors (Lipinski definition) is 7. The molecule has 2 atom stereocenters. The van der Waals surface area contributed by atoms with Crippen LogP contribution in [0.5, 0.6) is 28.7 Å². The fraction of sp³-hybridized carbons (Fsp3) is 0.308. The lowest BCUT2D eigenvalue weighted by Crippen LogP contribution is -2.31. The molecule has 3 aromatic rings. The van der Waals surface area contributed by atoms with Crippen molar-refractivity contribution < 1.29 is 34.6 Å². The van der Waals surface area contributed by atoms with Gasteiger partial charge in [-0.2, -0.15) is 0 Å². The second-order valence-corrected chi connectivity index (χ2v) is 8.36. The van der Waals surface area contributed by atoms with Gasteiger partial charge in [0.1, 0.15) is 30.0 Å². The topological polar surface area (TPSA) is 109 Å². The lowest BCUT2D eigenvalue weighted by Gasteiger charge is -2.35. The van der Waals surface area contributed by atoms with E-state index in [1.54, 1.807) is 24.3 Å². The summed E-state index contributed by atoms with van der Waals surface area (Å²) in [7, 11) is 1.47. The van der Waals surface area contributed by atoms with Gasteiger partial charge in [0.05, 0.1) is 19.8 Å². The van der Waals surface area contributed by atoms with Crippen LogP contribution < -0.4 is 14.2 Å². The third kappa shape index (κ3) is 3.73. The van der Waals surface area contributed by atoms with E-state index in [0.29, 0.717) is 29.2 Å². The summed E-state index contributed by atoms with van der Waals surface area (Å²) in [5.74, 6) is 1.78. The summed E-state index contributed by atoms with van der Waals surface area (Å²) < 4.78 is 17.4. The summed E-state index contributed by atoms with van der Waals surface area (Å²) >= 11 is 0. The SMILES string of the molecule is COc1cc([C@H]2Oc3cc(OCCO)c4c(c3C[C@H]2O)CCc2cc(O)ccc2-4)ccc1O. The predicted octanol–water partition coefficient (Wildman–Crippen LogP) is 3.28. The molecule has 0 bridgehead atoms. The smallest absolute Gasteiger partial charge is 0.160 e. The van der Waals surface area contributed by atoms with Crippen LogP contribution in [0.15, 0.2) is 42.5 Å². The molecule has 0 fully saturated rings. The number of aliphatic hydroxyl groups is 2. The zero-order valence-electron chi connectivity index (χ0n) is 18.2. The van der Waals surface area contributed by atoms with Gasteiger partial charge in [0, 0.05) is 23.6 Å². The fourth-order valence-corrected chi connectivity index (χ4v) is 4.88. The van der Waals surface area contributed by atoms with Gasteiger partial charge in [-0.05, 0) is 59.4 Å². The standard InChI is InChI=1S/C26H26O7/c1-31-23-11-15(3-7-20(23)29)26-21(30)12-19-18-5-2-14-10-16(28)4-6-17(14)25(18)24(32-9-8-27)13-22(19)33-26/h3-4,6-7,10-11,13,21,26-30H,2,5,8-9,12H2,1H3/t21-,26-/m1/s1. The third-order valence-corrected chi connectivity index (χ3v) is 6.37. The highest BCUT2D eigenvalue weighted by atomic mass is 16.5. The summed E-state index contributed by atoms with van der Waals surface area (Å²) in [6.45, 7) is 0.0175. The van der Waals surface area contributed by atoms with E-state index in [1.165, 1.54) is 13.2 Å². The van der Waals surface area contributed by atoms with Crippen molar-refractivity contribution >= 4 is 0 Å². The molecule has 0 spiro atoms. The Hall–Kier alpha value is -3.42. The quantitative estimate of drug-likeness (QED) is 0.472. The van der Waals surface area contributed by atoms with Gasteiger partial charge in [0.2, 0.25) is 0 Å². The molecule has 0 saturated carbocycles. The van der Waals surface area contributed by atoms with Gasteiger partial charge in [-0.25, -0.2) is 0 Å². The van der Waals surface area contributed by atoms with E-state index in [-0.39, 0.29) is 24.7 Å². The highest BCUT2D eigenvalue weighted by Crippen LogP contribution is 2.49. The fourth-order valence-electron chi connectivity index (χ4n) is 4.88. The van der Waals surface area contributed by atoms with Crippen LogP contribution in [0.2, 0.25) is 0 Å². The monoisotopic (exact) mass is 450 g/mol. The van der Waals surface area contributed by atoms with Crippen LogP contribution in [0.4, 0.5) is 0 Å². The third-order valence-electron chi connectivity index (χ3n) is 6.37. The lowest BCUT2D eigenvalue weighted by molar-refractivity contribution is 0.0201. The second kappa shape index (κ2) is 8.50. The zero-order valence-corrected chi connectivity index (χ0v) is 18.2. The van der Waals surface area contributed by atoms with E-state index >= 15 is 0 Å². The number of phenols is 2. The molecular weight excluding hydrogens is 424 g/mol. The van der Waals surface area contributed by atoms with Crippen molar-refractivity contribution in [3.05, 3.63) is 64.7 Å². The Bertz CT molecular complexity index is 1200. The molecular formula is C26H26O7. The molecule has 0 unspecified atom stereocenters. The summed E-state index contributed by atoms with van der Waals surface area (Å²) in [5.41, 5.74) is 5.62. The Balaban J connectivity index is 1.61. The number of phenolic OH excluding ortho intramolecular Hbond substituents is 2. The minimum atomic E-state index is -0.790. The molecule has 2 aliphatic rings. The van der Waals surface area contributed by atoms with Crippen LogP contribution in [-0.2, 0) is 19.3 Å². The Labute approximate surface area is 191 Å². The minimum absolute atomic E-state index is 0.0189. The van der Waals surface area contributed by atoms with Gasteiger partial charge >= 0.3 is 0 Å². The summed E-state index contributed by atoms with van der Waals surface area (Å²) in [5, 5.41) is 40.2. The lowest BCUT2D eigenvalue weighted by atomic mass is 9.80. The molecule has 3 aromatic carbocycles. The van der Waals surface area contributed by atoms with Gasteiger partial charge in [0.15, 0.2) is 11.5 Å². The molecule has 4 N–H and O–H groups in total. The van der Waals surface area contributed by atoms with Crippen LogP contribution in [0, 0.1) is 0 Å². The van der Waals surface area contributed by atoms with Crippen LogP contribution in [-0.4, -0.2) is 46.9 Å². The molecule has 0 amide bonds. The van der Waals surface area contributed by atoms with Crippen LogP contribution in [0.1, 0.15) is 28.4 Å². The largest absolute Gasteiger partial charge is 0.508 e. The molecule has 0 saturated heterocycles. The van der Waals surface area contributed by atoms with E-state index in [2.05, 4.69) is 0 Å². The van der Waals surface area contributed by atoms with Crippen molar-refractivity contribution in [3.63, 3.8) is 0 Å². The number of aliphatic hydroxyl groups excluding tert-OH is 2. The molecule has 1 aliphatic carbocycles. The number of aromatic hydroxyl groups is 2. The van der Waals surface area contributed by atoms with Crippen molar-refractivity contribution in [3.8, 4) is 39.9 Å². The number of methoxy groups -OCH3 is 1.